The highest BCUT2D eigenvalue weighted by atomic mass is 16.5. The second-order valence-electron chi connectivity index (χ2n) is 7.26. The van der Waals surface area contributed by atoms with E-state index in [4.69, 9.17) is 4.74 Å². The van der Waals surface area contributed by atoms with Crippen molar-refractivity contribution < 1.29 is 14.3 Å². The van der Waals surface area contributed by atoms with E-state index in [2.05, 4.69) is 5.10 Å². The predicted molar refractivity (Wildman–Crippen MR) is 101 cm³/mol. The quantitative estimate of drug-likeness (QED) is 0.655. The highest BCUT2D eigenvalue weighted by molar-refractivity contribution is 6.15. The highest BCUT2D eigenvalue weighted by Gasteiger charge is 2.25. The van der Waals surface area contributed by atoms with Gasteiger partial charge in [0.2, 0.25) is 5.78 Å². The minimum Gasteiger partial charge on any atom is -0.497 e. The molecule has 2 aromatic carbocycles. The summed E-state index contributed by atoms with van der Waals surface area (Å²) >= 11 is 0. The van der Waals surface area contributed by atoms with Crippen molar-refractivity contribution in [2.75, 3.05) is 7.11 Å². The molecule has 3 rings (SSSR count). The van der Waals surface area contributed by atoms with Crippen LogP contribution in [-0.2, 0) is 11.3 Å². The summed E-state index contributed by atoms with van der Waals surface area (Å²) in [5.41, 5.74) is 1.13. The van der Waals surface area contributed by atoms with Gasteiger partial charge in [0.15, 0.2) is 5.78 Å². The lowest BCUT2D eigenvalue weighted by molar-refractivity contribution is -0.127. The van der Waals surface area contributed by atoms with Gasteiger partial charge in [-0.15, -0.1) is 0 Å². The molecule has 0 aliphatic carbocycles. The van der Waals surface area contributed by atoms with Gasteiger partial charge in [0.1, 0.15) is 18.0 Å². The average molecular weight is 350 g/mol. The van der Waals surface area contributed by atoms with Crippen molar-refractivity contribution in [3.05, 3.63) is 59.8 Å². The number of carbonyl (C=O) groups is 2. The molecule has 0 amide bonds. The van der Waals surface area contributed by atoms with Crippen LogP contribution in [-0.4, -0.2) is 28.5 Å². The number of aromatic nitrogens is 2. The molecule has 0 aliphatic rings. The SMILES string of the molecule is COc1ccc2c(C(=O)c3ccccc3)nn(CC(=O)C(C)(C)C)c2c1. The normalized spacial score (nSPS) is 11.5. The average Bonchev–Trinajstić information content (AvgIpc) is 2.98. The molecule has 0 saturated carbocycles. The van der Waals surface area contributed by atoms with Crippen LogP contribution in [0.2, 0.25) is 0 Å². The van der Waals surface area contributed by atoms with Crippen LogP contribution in [0.1, 0.15) is 36.8 Å². The van der Waals surface area contributed by atoms with E-state index in [1.165, 1.54) is 0 Å². The molecule has 1 heterocycles. The second-order valence-corrected chi connectivity index (χ2v) is 7.26. The number of benzene rings is 2. The predicted octanol–water partition coefficient (Wildman–Crippen LogP) is 3.89. The minimum atomic E-state index is -0.485. The van der Waals surface area contributed by atoms with Crippen molar-refractivity contribution in [1.29, 1.82) is 0 Å². The van der Waals surface area contributed by atoms with Crippen molar-refractivity contribution in [1.82, 2.24) is 9.78 Å². The number of Topliss-reactive ketones (excluding diaryl/α,β-unsaturated/α-hetero) is 1. The fourth-order valence-corrected chi connectivity index (χ4v) is 2.67. The topological polar surface area (TPSA) is 61.2 Å². The molecule has 0 atom stereocenters. The fraction of sp³-hybridized carbons (Fsp3) is 0.286. The van der Waals surface area contributed by atoms with Crippen LogP contribution in [0.25, 0.3) is 10.9 Å². The lowest BCUT2D eigenvalue weighted by atomic mass is 9.91. The van der Waals surface area contributed by atoms with Gasteiger partial charge in [-0.05, 0) is 12.1 Å². The molecule has 1 aromatic heterocycles. The third-order valence-corrected chi connectivity index (χ3v) is 4.34. The molecule has 26 heavy (non-hydrogen) atoms. The lowest BCUT2D eigenvalue weighted by Crippen LogP contribution is -2.25. The molecule has 0 spiro atoms. The van der Waals surface area contributed by atoms with Crippen LogP contribution >= 0.6 is 0 Å². The zero-order valence-electron chi connectivity index (χ0n) is 15.4. The van der Waals surface area contributed by atoms with Gasteiger partial charge >= 0.3 is 0 Å². The van der Waals surface area contributed by atoms with Crippen molar-refractivity contribution in [2.45, 2.75) is 27.3 Å². The van der Waals surface area contributed by atoms with E-state index in [0.29, 0.717) is 27.9 Å². The molecule has 0 bridgehead atoms. The van der Waals surface area contributed by atoms with E-state index in [0.717, 1.165) is 0 Å². The van der Waals surface area contributed by atoms with Gasteiger partial charge < -0.3 is 4.74 Å². The van der Waals surface area contributed by atoms with Crippen molar-refractivity contribution >= 4 is 22.5 Å². The van der Waals surface area contributed by atoms with E-state index >= 15 is 0 Å². The number of hydrogen-bond acceptors (Lipinski definition) is 4. The molecule has 0 fully saturated rings. The smallest absolute Gasteiger partial charge is 0.213 e. The number of hydrogen-bond donors (Lipinski definition) is 0. The third-order valence-electron chi connectivity index (χ3n) is 4.34. The largest absolute Gasteiger partial charge is 0.497 e. The van der Waals surface area contributed by atoms with Gasteiger partial charge in [0, 0.05) is 22.4 Å². The summed E-state index contributed by atoms with van der Waals surface area (Å²) in [6, 6.07) is 14.4. The molecule has 0 unspecified atom stereocenters. The summed E-state index contributed by atoms with van der Waals surface area (Å²) in [5.74, 6) is 0.534. The first-order valence-electron chi connectivity index (χ1n) is 8.49. The molecular weight excluding hydrogens is 328 g/mol. The van der Waals surface area contributed by atoms with Crippen molar-refractivity contribution in [3.8, 4) is 5.75 Å². The number of ether oxygens (including phenoxy) is 1. The molecule has 0 radical (unpaired) electrons. The fourth-order valence-electron chi connectivity index (χ4n) is 2.67. The summed E-state index contributed by atoms with van der Waals surface area (Å²) in [6.45, 7) is 5.72. The lowest BCUT2D eigenvalue weighted by Gasteiger charge is -2.16. The Labute approximate surface area is 152 Å². The number of methoxy groups -OCH3 is 1. The zero-order valence-corrected chi connectivity index (χ0v) is 15.4. The first kappa shape index (κ1) is 17.9. The number of nitrogens with zero attached hydrogens (tertiary/aromatic N) is 2. The molecule has 3 aromatic rings. The first-order chi connectivity index (χ1) is 12.3. The summed E-state index contributed by atoms with van der Waals surface area (Å²) in [7, 11) is 1.58. The second kappa shape index (κ2) is 6.75. The van der Waals surface area contributed by atoms with Crippen LogP contribution in [0.3, 0.4) is 0 Å². The van der Waals surface area contributed by atoms with Crippen LogP contribution in [0, 0.1) is 5.41 Å². The Morgan fingerprint density at radius 2 is 1.77 bits per heavy atom. The van der Waals surface area contributed by atoms with Gasteiger partial charge in [-0.1, -0.05) is 51.1 Å². The van der Waals surface area contributed by atoms with Crippen LogP contribution in [0.5, 0.6) is 5.75 Å². The Morgan fingerprint density at radius 3 is 2.38 bits per heavy atom. The highest BCUT2D eigenvalue weighted by Crippen LogP contribution is 2.26. The Morgan fingerprint density at radius 1 is 1.08 bits per heavy atom. The van der Waals surface area contributed by atoms with Gasteiger partial charge in [-0.25, -0.2) is 0 Å². The number of fused-ring (bicyclic) bond motifs is 1. The van der Waals surface area contributed by atoms with E-state index in [9.17, 15) is 9.59 Å². The molecular formula is C21H22N2O3. The van der Waals surface area contributed by atoms with E-state index in [1.807, 2.05) is 45.0 Å². The number of carbonyl (C=O) groups excluding carboxylic acids is 2. The number of rotatable bonds is 5. The monoisotopic (exact) mass is 350 g/mol. The standard InChI is InChI=1S/C21H22N2O3/c1-21(2,3)18(24)13-23-17-12-15(26-4)10-11-16(17)19(22-23)20(25)14-8-6-5-7-9-14/h5-12H,13H2,1-4H3. The molecule has 0 saturated heterocycles. The maximum atomic E-state index is 12.9. The molecule has 5 heteroatoms. The Balaban J connectivity index is 2.13. The van der Waals surface area contributed by atoms with Gasteiger partial charge in [0.25, 0.3) is 0 Å². The van der Waals surface area contributed by atoms with E-state index in [1.54, 1.807) is 36.1 Å². The molecule has 0 aliphatic heterocycles. The molecule has 5 nitrogen and oxygen atoms in total. The minimum absolute atomic E-state index is 0.0448. The third kappa shape index (κ3) is 3.38. The maximum Gasteiger partial charge on any atom is 0.213 e. The van der Waals surface area contributed by atoms with E-state index < -0.39 is 5.41 Å². The van der Waals surface area contributed by atoms with Crippen LogP contribution < -0.4 is 4.74 Å². The Hall–Kier alpha value is -2.95. The van der Waals surface area contributed by atoms with Crippen LogP contribution in [0.4, 0.5) is 0 Å². The van der Waals surface area contributed by atoms with E-state index in [-0.39, 0.29) is 18.1 Å². The summed E-state index contributed by atoms with van der Waals surface area (Å²) < 4.78 is 6.89. The first-order valence-corrected chi connectivity index (χ1v) is 8.49. The van der Waals surface area contributed by atoms with Crippen molar-refractivity contribution in [3.63, 3.8) is 0 Å². The molecule has 134 valence electrons. The number of ketones is 2. The Bertz CT molecular complexity index is 966. The van der Waals surface area contributed by atoms with Crippen molar-refractivity contribution in [2.24, 2.45) is 5.41 Å². The zero-order chi connectivity index (χ0) is 18.9. The summed E-state index contributed by atoms with van der Waals surface area (Å²) in [5, 5.41) is 5.19. The van der Waals surface area contributed by atoms with Crippen LogP contribution in [0.15, 0.2) is 48.5 Å². The van der Waals surface area contributed by atoms with Gasteiger partial charge in [-0.3, -0.25) is 14.3 Å². The molecule has 0 N–H and O–H groups in total. The summed E-state index contributed by atoms with van der Waals surface area (Å²) in [6.07, 6.45) is 0. The van der Waals surface area contributed by atoms with Gasteiger partial charge in [-0.2, -0.15) is 5.10 Å². The summed E-state index contributed by atoms with van der Waals surface area (Å²) in [4.78, 5) is 25.4. The maximum absolute atomic E-state index is 12.9. The van der Waals surface area contributed by atoms with Gasteiger partial charge in [0.05, 0.1) is 12.6 Å². The Kier molecular flexibility index (Phi) is 4.64.